The van der Waals surface area contributed by atoms with Gasteiger partial charge in [-0.25, -0.2) is 4.39 Å². The van der Waals surface area contributed by atoms with E-state index in [1.165, 1.54) is 12.1 Å². The number of nitrogens with zero attached hydrogens (tertiary/aromatic N) is 3. The fourth-order valence-electron chi connectivity index (χ4n) is 5.09. The highest BCUT2D eigenvalue weighted by molar-refractivity contribution is 6.03. The van der Waals surface area contributed by atoms with Gasteiger partial charge in [0.25, 0.3) is 0 Å². The molecule has 168 valence electrons. The van der Waals surface area contributed by atoms with Gasteiger partial charge in [-0.2, -0.15) is 5.26 Å². The van der Waals surface area contributed by atoms with Crippen LogP contribution < -0.4 is 14.4 Å². The van der Waals surface area contributed by atoms with E-state index in [1.807, 2.05) is 52.2 Å². The number of anilines is 1. The summed E-state index contributed by atoms with van der Waals surface area (Å²) in [6.45, 7) is 0.138. The van der Waals surface area contributed by atoms with E-state index < -0.39 is 5.92 Å². The van der Waals surface area contributed by atoms with Crippen molar-refractivity contribution in [3.8, 4) is 17.6 Å². The van der Waals surface area contributed by atoms with Gasteiger partial charge in [-0.05, 0) is 60.9 Å². The Kier molecular flexibility index (Phi) is 4.73. The van der Waals surface area contributed by atoms with Crippen LogP contribution in [0.3, 0.4) is 0 Å². The molecule has 0 unspecified atom stereocenters. The lowest BCUT2D eigenvalue weighted by Gasteiger charge is -2.41. The van der Waals surface area contributed by atoms with Gasteiger partial charge in [0.15, 0.2) is 17.3 Å². The Morgan fingerprint density at radius 2 is 1.82 bits per heavy atom. The molecule has 0 fully saturated rings. The van der Waals surface area contributed by atoms with Gasteiger partial charge in [-0.15, -0.1) is 0 Å². The van der Waals surface area contributed by atoms with Crippen LogP contribution in [-0.4, -0.2) is 17.1 Å². The standard InChI is InChI=1S/C27H20FN3O3/c28-18-5-3-6-19(14-18)31-21-7-4-8-22(32)26(21)25(17-9-10-23-24(13-17)34-16-33-23)20(15-29)27(31)30-11-1-2-12-30/h1-3,5-6,9-14,25H,4,7-8,16H2/t25-/m0/s1. The third-order valence-corrected chi connectivity index (χ3v) is 6.49. The number of halogens is 1. The number of ether oxygens (including phenoxy) is 2. The van der Waals surface area contributed by atoms with Crippen LogP contribution in [0, 0.1) is 17.1 Å². The summed E-state index contributed by atoms with van der Waals surface area (Å²) in [5.41, 5.74) is 3.15. The number of Topliss-reactive ketones (excluding diaryl/α,β-unsaturated/α-hetero) is 1. The maximum absolute atomic E-state index is 14.3. The molecule has 0 spiro atoms. The fraction of sp³-hybridized carbons (Fsp3) is 0.185. The molecule has 3 aromatic rings. The van der Waals surface area contributed by atoms with Crippen LogP contribution in [0.5, 0.6) is 11.5 Å². The molecule has 0 amide bonds. The second-order valence-corrected chi connectivity index (χ2v) is 8.44. The maximum atomic E-state index is 14.3. The largest absolute Gasteiger partial charge is 0.454 e. The van der Waals surface area contributed by atoms with E-state index in [0.29, 0.717) is 53.4 Å². The van der Waals surface area contributed by atoms with Crippen LogP contribution in [0.1, 0.15) is 30.7 Å². The number of allylic oxidation sites excluding steroid dienone is 3. The number of carbonyl (C=O) groups is 1. The predicted molar refractivity (Wildman–Crippen MR) is 123 cm³/mol. The molecule has 0 saturated carbocycles. The van der Waals surface area contributed by atoms with Crippen molar-refractivity contribution in [1.29, 1.82) is 5.26 Å². The number of rotatable bonds is 3. The van der Waals surface area contributed by atoms with Crippen LogP contribution in [0.15, 0.2) is 83.8 Å². The number of carbonyl (C=O) groups excluding carboxylic acids is 1. The van der Waals surface area contributed by atoms with Crippen molar-refractivity contribution < 1.29 is 18.7 Å². The number of ketones is 1. The molecule has 2 aliphatic heterocycles. The van der Waals surface area contributed by atoms with Gasteiger partial charge in [0.2, 0.25) is 6.79 Å². The molecule has 0 bridgehead atoms. The minimum atomic E-state index is -0.565. The minimum Gasteiger partial charge on any atom is -0.454 e. The van der Waals surface area contributed by atoms with Gasteiger partial charge in [0, 0.05) is 30.1 Å². The Balaban J connectivity index is 1.65. The molecule has 3 aliphatic rings. The van der Waals surface area contributed by atoms with Gasteiger partial charge < -0.3 is 14.0 Å². The summed E-state index contributed by atoms with van der Waals surface area (Å²) in [7, 11) is 0. The van der Waals surface area contributed by atoms with Crippen LogP contribution in [0.25, 0.3) is 5.82 Å². The molecule has 6 rings (SSSR count). The Bertz CT molecular complexity index is 1420. The molecule has 0 N–H and O–H groups in total. The van der Waals surface area contributed by atoms with Crippen LogP contribution >= 0.6 is 0 Å². The zero-order chi connectivity index (χ0) is 23.2. The van der Waals surface area contributed by atoms with Crippen molar-refractivity contribution in [2.75, 3.05) is 11.7 Å². The van der Waals surface area contributed by atoms with Crippen molar-refractivity contribution in [2.24, 2.45) is 0 Å². The van der Waals surface area contributed by atoms with E-state index in [0.717, 1.165) is 11.3 Å². The lowest BCUT2D eigenvalue weighted by Crippen LogP contribution is -2.36. The first kappa shape index (κ1) is 20.3. The number of hydrogen-bond donors (Lipinski definition) is 0. The molecule has 1 aromatic heterocycles. The Morgan fingerprint density at radius 1 is 1.00 bits per heavy atom. The Morgan fingerprint density at radius 3 is 2.62 bits per heavy atom. The molecular weight excluding hydrogens is 433 g/mol. The van der Waals surface area contributed by atoms with E-state index in [4.69, 9.17) is 9.47 Å². The number of aromatic nitrogens is 1. The van der Waals surface area contributed by atoms with Crippen molar-refractivity contribution in [2.45, 2.75) is 25.2 Å². The van der Waals surface area contributed by atoms with E-state index in [9.17, 15) is 14.4 Å². The summed E-state index contributed by atoms with van der Waals surface area (Å²) in [6, 6.07) is 17.9. The second kappa shape index (κ2) is 7.92. The zero-order valence-corrected chi connectivity index (χ0v) is 18.2. The summed E-state index contributed by atoms with van der Waals surface area (Å²) < 4.78 is 27.2. The van der Waals surface area contributed by atoms with Crippen LogP contribution in [-0.2, 0) is 4.79 Å². The highest BCUT2D eigenvalue weighted by Crippen LogP contribution is 2.50. The first-order valence-corrected chi connectivity index (χ1v) is 11.1. The average molecular weight is 453 g/mol. The van der Waals surface area contributed by atoms with Crippen molar-refractivity contribution in [3.63, 3.8) is 0 Å². The predicted octanol–water partition coefficient (Wildman–Crippen LogP) is 5.36. The fourth-order valence-corrected chi connectivity index (χ4v) is 5.09. The molecule has 0 saturated heterocycles. The molecule has 7 heteroatoms. The summed E-state index contributed by atoms with van der Waals surface area (Å²) in [4.78, 5) is 15.3. The van der Waals surface area contributed by atoms with Gasteiger partial charge in [0.05, 0.1) is 23.2 Å². The first-order valence-electron chi connectivity index (χ1n) is 11.1. The zero-order valence-electron chi connectivity index (χ0n) is 18.2. The lowest BCUT2D eigenvalue weighted by atomic mass is 9.75. The highest BCUT2D eigenvalue weighted by Gasteiger charge is 2.42. The normalized spacial score (nSPS) is 19.4. The molecule has 6 nitrogen and oxygen atoms in total. The van der Waals surface area contributed by atoms with Crippen molar-refractivity contribution in [3.05, 3.63) is 95.2 Å². The number of nitriles is 1. The van der Waals surface area contributed by atoms with Gasteiger partial charge in [0.1, 0.15) is 11.6 Å². The van der Waals surface area contributed by atoms with Gasteiger partial charge in [-0.3, -0.25) is 9.69 Å². The van der Waals surface area contributed by atoms with E-state index in [-0.39, 0.29) is 18.4 Å². The van der Waals surface area contributed by atoms with E-state index >= 15 is 0 Å². The van der Waals surface area contributed by atoms with Crippen LogP contribution in [0.4, 0.5) is 10.1 Å². The number of hydrogen-bond acceptors (Lipinski definition) is 5. The molecule has 2 aromatic carbocycles. The minimum absolute atomic E-state index is 0.00428. The summed E-state index contributed by atoms with van der Waals surface area (Å²) >= 11 is 0. The monoisotopic (exact) mass is 453 g/mol. The number of benzene rings is 2. The van der Waals surface area contributed by atoms with Crippen LogP contribution in [0.2, 0.25) is 0 Å². The quantitative estimate of drug-likeness (QED) is 0.534. The third kappa shape index (κ3) is 3.11. The molecule has 1 atom stereocenters. The molecule has 34 heavy (non-hydrogen) atoms. The van der Waals surface area contributed by atoms with Gasteiger partial charge in [-0.1, -0.05) is 12.1 Å². The number of fused-ring (bicyclic) bond motifs is 1. The summed E-state index contributed by atoms with van der Waals surface area (Å²) in [5, 5.41) is 10.5. The summed E-state index contributed by atoms with van der Waals surface area (Å²) in [5.74, 6) is 0.877. The lowest BCUT2D eigenvalue weighted by molar-refractivity contribution is -0.116. The summed E-state index contributed by atoms with van der Waals surface area (Å²) in [6.07, 6.45) is 5.45. The van der Waals surface area contributed by atoms with Crippen molar-refractivity contribution >= 4 is 17.3 Å². The van der Waals surface area contributed by atoms with E-state index in [1.54, 1.807) is 12.1 Å². The highest BCUT2D eigenvalue weighted by atomic mass is 19.1. The maximum Gasteiger partial charge on any atom is 0.231 e. The smallest absolute Gasteiger partial charge is 0.231 e. The van der Waals surface area contributed by atoms with Gasteiger partial charge >= 0.3 is 0 Å². The Hall–Kier alpha value is -4.31. The topological polar surface area (TPSA) is 67.5 Å². The molecular formula is C27H20FN3O3. The third-order valence-electron chi connectivity index (χ3n) is 6.49. The average Bonchev–Trinajstić information content (AvgIpc) is 3.54. The van der Waals surface area contributed by atoms with Crippen molar-refractivity contribution in [1.82, 2.24) is 4.57 Å². The SMILES string of the molecule is N#CC1=C(n2cccc2)N(c2cccc(F)c2)C2=C(C(=O)CCC2)[C@H]1c1ccc2c(c1)OCO2. The Labute approximate surface area is 195 Å². The second-order valence-electron chi connectivity index (χ2n) is 8.44. The molecule has 3 heterocycles. The molecule has 1 aliphatic carbocycles. The molecule has 0 radical (unpaired) electrons. The van der Waals surface area contributed by atoms with E-state index in [2.05, 4.69) is 6.07 Å². The first-order chi connectivity index (χ1) is 16.7.